The minimum absolute atomic E-state index is 0.0123. The Morgan fingerprint density at radius 3 is 2.41 bits per heavy atom. The van der Waals surface area contributed by atoms with Gasteiger partial charge in [-0.25, -0.2) is 4.79 Å². The largest absolute Gasteiger partial charge is 0.482 e. The fraction of sp³-hybridized carbons (Fsp3) is 0.292. The van der Waals surface area contributed by atoms with Gasteiger partial charge in [0.1, 0.15) is 15.8 Å². The molecule has 1 heterocycles. The first-order valence-electron chi connectivity index (χ1n) is 10.5. The van der Waals surface area contributed by atoms with Gasteiger partial charge in [-0.15, -0.1) is 0 Å². The van der Waals surface area contributed by atoms with Crippen LogP contribution in [0.3, 0.4) is 0 Å². The van der Waals surface area contributed by atoms with E-state index >= 15 is 0 Å². The predicted octanol–water partition coefficient (Wildman–Crippen LogP) is 5.86. The van der Waals surface area contributed by atoms with Crippen LogP contribution in [0.2, 0.25) is 5.02 Å². The summed E-state index contributed by atoms with van der Waals surface area (Å²) in [5, 5.41) is 0.594. The number of halogens is 1. The maximum Gasteiger partial charge on any atom is 0.349 e. The van der Waals surface area contributed by atoms with Crippen molar-refractivity contribution in [3.63, 3.8) is 0 Å². The number of esters is 1. The van der Waals surface area contributed by atoms with E-state index < -0.39 is 5.97 Å². The molecule has 166 valence electrons. The quantitative estimate of drug-likeness (QED) is 0.220. The molecule has 1 aliphatic carbocycles. The van der Waals surface area contributed by atoms with Crippen molar-refractivity contribution in [1.29, 1.82) is 0 Å². The zero-order valence-corrected chi connectivity index (χ0v) is 19.7. The van der Waals surface area contributed by atoms with Crippen molar-refractivity contribution >= 4 is 57.9 Å². The number of thioether (sulfide) groups is 1. The Labute approximate surface area is 201 Å². The van der Waals surface area contributed by atoms with E-state index in [1.807, 2.05) is 6.08 Å². The molecule has 4 rings (SSSR count). The number of carbonyl (C=O) groups is 2. The molecule has 0 N–H and O–H groups in total. The van der Waals surface area contributed by atoms with Crippen LogP contribution in [-0.4, -0.2) is 33.7 Å². The number of rotatable bonds is 6. The molecule has 2 fully saturated rings. The van der Waals surface area contributed by atoms with Gasteiger partial charge in [-0.3, -0.25) is 9.69 Å². The number of carbonyl (C=O) groups excluding carboxylic acids is 2. The molecule has 0 bridgehead atoms. The Bertz CT molecular complexity index is 1030. The molecule has 32 heavy (non-hydrogen) atoms. The van der Waals surface area contributed by atoms with E-state index in [4.69, 9.17) is 33.3 Å². The van der Waals surface area contributed by atoms with E-state index in [9.17, 15) is 9.59 Å². The lowest BCUT2D eigenvalue weighted by Gasteiger charge is -2.29. The molecule has 0 atom stereocenters. The Morgan fingerprint density at radius 2 is 1.72 bits per heavy atom. The summed E-state index contributed by atoms with van der Waals surface area (Å²) in [4.78, 5) is 27.3. The van der Waals surface area contributed by atoms with Gasteiger partial charge in [0.2, 0.25) is 0 Å². The summed E-state index contributed by atoms with van der Waals surface area (Å²) in [6.45, 7) is -0.215. The number of thiocarbonyl (C=S) groups is 1. The topological polar surface area (TPSA) is 55.8 Å². The normalized spacial score (nSPS) is 18.3. The zero-order valence-electron chi connectivity index (χ0n) is 17.3. The highest BCUT2D eigenvalue weighted by atomic mass is 35.5. The highest BCUT2D eigenvalue weighted by Gasteiger charge is 2.37. The lowest BCUT2D eigenvalue weighted by atomic mass is 9.94. The first-order valence-corrected chi connectivity index (χ1v) is 12.1. The Balaban J connectivity index is 1.33. The van der Waals surface area contributed by atoms with Gasteiger partial charge in [0.15, 0.2) is 6.61 Å². The van der Waals surface area contributed by atoms with E-state index in [0.29, 0.717) is 25.7 Å². The molecule has 2 aromatic rings. The summed E-state index contributed by atoms with van der Waals surface area (Å²) in [5.41, 5.74) is 0.839. The van der Waals surface area contributed by atoms with Crippen molar-refractivity contribution in [1.82, 2.24) is 4.90 Å². The molecule has 0 spiro atoms. The van der Waals surface area contributed by atoms with Crippen molar-refractivity contribution in [2.75, 3.05) is 6.61 Å². The molecule has 2 aliphatic rings. The SMILES string of the molecule is O=C(COc1ccc(Cl)cc1)Oc1ccc(/C=C2/SC(=S)N(C3CCCCC3)C2=O)cc1. The number of nitrogens with zero attached hydrogens (tertiary/aromatic N) is 1. The predicted molar refractivity (Wildman–Crippen MR) is 131 cm³/mol. The van der Waals surface area contributed by atoms with Crippen molar-refractivity contribution in [2.45, 2.75) is 38.1 Å². The maximum absolute atomic E-state index is 12.9. The Hall–Kier alpha value is -2.35. The fourth-order valence-corrected chi connectivity index (χ4v) is 5.28. The third-order valence-electron chi connectivity index (χ3n) is 5.34. The van der Waals surface area contributed by atoms with Crippen molar-refractivity contribution in [3.05, 3.63) is 64.0 Å². The molecule has 1 saturated carbocycles. The van der Waals surface area contributed by atoms with Gasteiger partial charge in [-0.05, 0) is 60.9 Å². The smallest absolute Gasteiger partial charge is 0.349 e. The number of hydrogen-bond acceptors (Lipinski definition) is 6. The second kappa shape index (κ2) is 10.5. The highest BCUT2D eigenvalue weighted by molar-refractivity contribution is 8.26. The fourth-order valence-electron chi connectivity index (χ4n) is 3.75. The molecule has 0 aromatic heterocycles. The monoisotopic (exact) mass is 487 g/mol. The summed E-state index contributed by atoms with van der Waals surface area (Å²) >= 11 is 12.7. The van der Waals surface area contributed by atoms with Crippen LogP contribution >= 0.6 is 35.6 Å². The van der Waals surface area contributed by atoms with Crippen LogP contribution in [0, 0.1) is 0 Å². The first-order chi connectivity index (χ1) is 15.5. The molecule has 8 heteroatoms. The molecule has 5 nitrogen and oxygen atoms in total. The molecule has 2 aromatic carbocycles. The number of benzene rings is 2. The van der Waals surface area contributed by atoms with E-state index in [-0.39, 0.29) is 18.6 Å². The van der Waals surface area contributed by atoms with Crippen molar-refractivity contribution in [2.24, 2.45) is 0 Å². The Kier molecular flexibility index (Phi) is 7.50. The van der Waals surface area contributed by atoms with Crippen LogP contribution in [0.25, 0.3) is 6.08 Å². The summed E-state index contributed by atoms with van der Waals surface area (Å²) in [7, 11) is 0. The van der Waals surface area contributed by atoms with Crippen LogP contribution in [0.4, 0.5) is 0 Å². The van der Waals surface area contributed by atoms with Crippen LogP contribution in [-0.2, 0) is 9.59 Å². The van der Waals surface area contributed by atoms with Gasteiger partial charge < -0.3 is 9.47 Å². The molecule has 1 saturated heterocycles. The second-order valence-electron chi connectivity index (χ2n) is 7.63. The lowest BCUT2D eigenvalue weighted by molar-refractivity contribution is -0.136. The molecule has 1 amide bonds. The van der Waals surface area contributed by atoms with Crippen LogP contribution < -0.4 is 9.47 Å². The van der Waals surface area contributed by atoms with E-state index in [1.165, 1.54) is 18.2 Å². The Morgan fingerprint density at radius 1 is 1.06 bits per heavy atom. The molecular formula is C24H22ClNO4S2. The maximum atomic E-state index is 12.9. The number of hydrogen-bond donors (Lipinski definition) is 0. The van der Waals surface area contributed by atoms with Gasteiger partial charge in [-0.1, -0.05) is 67.0 Å². The van der Waals surface area contributed by atoms with Crippen molar-refractivity contribution < 1.29 is 19.1 Å². The number of ether oxygens (including phenoxy) is 2. The van der Waals surface area contributed by atoms with Crippen LogP contribution in [0.5, 0.6) is 11.5 Å². The van der Waals surface area contributed by atoms with Crippen LogP contribution in [0.1, 0.15) is 37.7 Å². The summed E-state index contributed by atoms with van der Waals surface area (Å²) in [6.07, 6.45) is 7.38. The van der Waals surface area contributed by atoms with E-state index in [1.54, 1.807) is 53.4 Å². The van der Waals surface area contributed by atoms with Gasteiger partial charge in [0.05, 0.1) is 4.91 Å². The standard InChI is InChI=1S/C24H22ClNO4S2/c25-17-8-12-19(13-9-17)29-15-22(27)30-20-10-6-16(7-11-20)14-21-23(28)26(24(31)32-21)18-4-2-1-3-5-18/h6-14,18H,1-5,15H2/b21-14+. The van der Waals surface area contributed by atoms with Crippen LogP contribution in [0.15, 0.2) is 53.4 Å². The van der Waals surface area contributed by atoms with E-state index in [2.05, 4.69) is 0 Å². The zero-order chi connectivity index (χ0) is 22.5. The van der Waals surface area contributed by atoms with Crippen molar-refractivity contribution in [3.8, 4) is 11.5 Å². The van der Waals surface area contributed by atoms with Gasteiger partial charge in [-0.2, -0.15) is 0 Å². The van der Waals surface area contributed by atoms with E-state index in [0.717, 1.165) is 31.2 Å². The molecule has 0 radical (unpaired) electrons. The molecule has 0 unspecified atom stereocenters. The minimum atomic E-state index is -0.513. The van der Waals surface area contributed by atoms with Gasteiger partial charge in [0.25, 0.3) is 5.91 Å². The number of amides is 1. The molecule has 1 aliphatic heterocycles. The third-order valence-corrected chi connectivity index (χ3v) is 6.93. The third kappa shape index (κ3) is 5.71. The van der Waals surface area contributed by atoms with Gasteiger partial charge >= 0.3 is 5.97 Å². The molecular weight excluding hydrogens is 466 g/mol. The summed E-state index contributed by atoms with van der Waals surface area (Å²) < 4.78 is 11.3. The lowest BCUT2D eigenvalue weighted by Crippen LogP contribution is -2.39. The van der Waals surface area contributed by atoms with Gasteiger partial charge in [0, 0.05) is 11.1 Å². The summed E-state index contributed by atoms with van der Waals surface area (Å²) in [5.74, 6) is 0.414. The summed E-state index contributed by atoms with van der Waals surface area (Å²) in [6, 6.07) is 13.9. The first kappa shape index (κ1) is 22.8. The minimum Gasteiger partial charge on any atom is -0.482 e. The highest BCUT2D eigenvalue weighted by Crippen LogP contribution is 2.37. The second-order valence-corrected chi connectivity index (χ2v) is 9.74. The average Bonchev–Trinajstić information content (AvgIpc) is 3.08. The average molecular weight is 488 g/mol.